The highest BCUT2D eigenvalue weighted by Crippen LogP contribution is 2.37. The van der Waals surface area contributed by atoms with Gasteiger partial charge in [-0.3, -0.25) is 4.79 Å². The number of aliphatic hydroxyl groups is 1. The van der Waals surface area contributed by atoms with Gasteiger partial charge in [-0.25, -0.2) is 0 Å². The summed E-state index contributed by atoms with van der Waals surface area (Å²) < 4.78 is 4.10. The van der Waals surface area contributed by atoms with Crippen LogP contribution in [0.4, 0.5) is 0 Å². The van der Waals surface area contributed by atoms with Crippen molar-refractivity contribution in [2.75, 3.05) is 6.61 Å². The zero-order chi connectivity index (χ0) is 12.5. The molecule has 1 fully saturated rings. The van der Waals surface area contributed by atoms with Gasteiger partial charge in [-0.05, 0) is 31.3 Å². The highest BCUT2D eigenvalue weighted by Gasteiger charge is 2.39. The van der Waals surface area contributed by atoms with Crippen LogP contribution < -0.4 is 5.32 Å². The lowest BCUT2D eigenvalue weighted by Crippen LogP contribution is -2.44. The van der Waals surface area contributed by atoms with Gasteiger partial charge in [0.05, 0.1) is 17.9 Å². The van der Waals surface area contributed by atoms with Crippen molar-refractivity contribution in [1.29, 1.82) is 0 Å². The van der Waals surface area contributed by atoms with Gasteiger partial charge in [0.25, 0.3) is 5.91 Å². The summed E-state index contributed by atoms with van der Waals surface area (Å²) in [5, 5.41) is 14.2. The Morgan fingerprint density at radius 1 is 1.76 bits per heavy atom. The molecule has 2 atom stereocenters. The average Bonchev–Trinajstić information content (AvgIpc) is 2.87. The minimum absolute atomic E-state index is 0.0668. The van der Waals surface area contributed by atoms with E-state index < -0.39 is 0 Å². The van der Waals surface area contributed by atoms with Crippen LogP contribution in [-0.2, 0) is 0 Å². The van der Waals surface area contributed by atoms with Gasteiger partial charge >= 0.3 is 0 Å². The fourth-order valence-corrected chi connectivity index (χ4v) is 3.11. The molecule has 1 saturated carbocycles. The molecule has 0 spiro atoms. The van der Waals surface area contributed by atoms with E-state index in [1.54, 1.807) is 5.38 Å². The number of hydrogen-bond acceptors (Lipinski definition) is 4. The van der Waals surface area contributed by atoms with Crippen LogP contribution in [0.5, 0.6) is 0 Å². The molecule has 2 unspecified atom stereocenters. The predicted octanol–water partition coefficient (Wildman–Crippen LogP) is 1.73. The number of carbonyl (C=O) groups is 1. The fourth-order valence-electron chi connectivity index (χ4n) is 2.41. The van der Waals surface area contributed by atoms with E-state index in [1.165, 1.54) is 11.5 Å². The van der Waals surface area contributed by atoms with Crippen LogP contribution in [0.2, 0.25) is 0 Å². The monoisotopic (exact) mass is 254 g/mol. The molecule has 0 radical (unpaired) electrons. The number of nitrogens with zero attached hydrogens (tertiary/aromatic N) is 1. The molecule has 1 aromatic rings. The summed E-state index contributed by atoms with van der Waals surface area (Å²) in [5.41, 5.74) is 1.26. The van der Waals surface area contributed by atoms with Crippen molar-refractivity contribution in [3.05, 3.63) is 16.6 Å². The highest BCUT2D eigenvalue weighted by atomic mass is 32.1. The Morgan fingerprint density at radius 2 is 2.53 bits per heavy atom. The van der Waals surface area contributed by atoms with Crippen molar-refractivity contribution in [1.82, 2.24) is 9.69 Å². The topological polar surface area (TPSA) is 62.2 Å². The molecule has 17 heavy (non-hydrogen) atoms. The number of rotatable bonds is 3. The first-order valence-corrected chi connectivity index (χ1v) is 6.73. The number of hydrogen-bond donors (Lipinski definition) is 2. The van der Waals surface area contributed by atoms with Gasteiger partial charge in [-0.15, -0.1) is 0 Å². The summed E-state index contributed by atoms with van der Waals surface area (Å²) in [6.45, 7) is 3.99. The standard InChI is InChI=1S/C12H18N2O2S/c1-8-9(6-17-14-8)11(16)13-10-4-3-5-12(10,2)7-15/h6,10,15H,3-5,7H2,1-2H3,(H,13,16). The molecule has 1 aliphatic rings. The van der Waals surface area contributed by atoms with E-state index in [1.807, 2.05) is 13.8 Å². The van der Waals surface area contributed by atoms with Crippen LogP contribution in [0.25, 0.3) is 0 Å². The second-order valence-corrected chi connectivity index (χ2v) is 5.67. The normalized spacial score (nSPS) is 28.3. The molecule has 2 N–H and O–H groups in total. The van der Waals surface area contributed by atoms with Crippen molar-refractivity contribution >= 4 is 17.4 Å². The van der Waals surface area contributed by atoms with Crippen LogP contribution in [0.1, 0.15) is 42.2 Å². The van der Waals surface area contributed by atoms with Gasteiger partial charge in [-0.2, -0.15) is 4.37 Å². The van der Waals surface area contributed by atoms with Crippen LogP contribution in [0, 0.1) is 12.3 Å². The summed E-state index contributed by atoms with van der Waals surface area (Å²) in [5.74, 6) is -0.0668. The number of nitrogens with one attached hydrogen (secondary N) is 1. The molecule has 0 bridgehead atoms. The summed E-state index contributed by atoms with van der Waals surface area (Å²) >= 11 is 1.30. The van der Waals surface area contributed by atoms with E-state index >= 15 is 0 Å². The molecule has 1 aliphatic carbocycles. The van der Waals surface area contributed by atoms with Crippen molar-refractivity contribution in [2.45, 2.75) is 39.2 Å². The molecule has 1 aromatic heterocycles. The Morgan fingerprint density at radius 3 is 3.12 bits per heavy atom. The van der Waals surface area contributed by atoms with E-state index in [4.69, 9.17) is 0 Å². The van der Waals surface area contributed by atoms with E-state index in [0.29, 0.717) is 5.56 Å². The molecular formula is C12H18N2O2S. The molecule has 1 amide bonds. The van der Waals surface area contributed by atoms with Crippen LogP contribution >= 0.6 is 11.5 Å². The minimum atomic E-state index is -0.174. The molecule has 0 saturated heterocycles. The summed E-state index contributed by atoms with van der Waals surface area (Å²) in [4.78, 5) is 12.1. The first kappa shape index (κ1) is 12.5. The highest BCUT2D eigenvalue weighted by molar-refractivity contribution is 7.03. The molecule has 4 nitrogen and oxygen atoms in total. The molecule has 0 aliphatic heterocycles. The maximum absolute atomic E-state index is 12.1. The summed E-state index contributed by atoms with van der Waals surface area (Å²) in [7, 11) is 0. The summed E-state index contributed by atoms with van der Waals surface area (Å²) in [6, 6.07) is 0.0688. The number of aryl methyl sites for hydroxylation is 1. The maximum Gasteiger partial charge on any atom is 0.254 e. The smallest absolute Gasteiger partial charge is 0.254 e. The fraction of sp³-hybridized carbons (Fsp3) is 0.667. The maximum atomic E-state index is 12.1. The molecule has 94 valence electrons. The second-order valence-electron chi connectivity index (χ2n) is 5.04. The van der Waals surface area contributed by atoms with Gasteiger partial charge in [-0.1, -0.05) is 13.3 Å². The van der Waals surface area contributed by atoms with Crippen molar-refractivity contribution in [2.24, 2.45) is 5.41 Å². The zero-order valence-corrected chi connectivity index (χ0v) is 11.0. The van der Waals surface area contributed by atoms with Crippen molar-refractivity contribution < 1.29 is 9.90 Å². The number of carbonyl (C=O) groups excluding carboxylic acids is 1. The Hall–Kier alpha value is -0.940. The lowest BCUT2D eigenvalue weighted by atomic mass is 9.85. The molecule has 1 heterocycles. The number of aromatic nitrogens is 1. The Balaban J connectivity index is 2.07. The zero-order valence-electron chi connectivity index (χ0n) is 10.2. The van der Waals surface area contributed by atoms with Gasteiger partial charge in [0, 0.05) is 16.8 Å². The third-order valence-electron chi connectivity index (χ3n) is 3.74. The van der Waals surface area contributed by atoms with Gasteiger partial charge < -0.3 is 10.4 Å². The summed E-state index contributed by atoms with van der Waals surface area (Å²) in [6.07, 6.45) is 2.97. The van der Waals surface area contributed by atoms with Crippen molar-refractivity contribution in [3.8, 4) is 0 Å². The first-order chi connectivity index (χ1) is 8.07. The molecule has 5 heteroatoms. The van der Waals surface area contributed by atoms with Gasteiger partial charge in [0.2, 0.25) is 0 Å². The Labute approximate surface area is 105 Å². The SMILES string of the molecule is Cc1nscc1C(=O)NC1CCCC1(C)CO. The third kappa shape index (κ3) is 2.35. The predicted molar refractivity (Wildman–Crippen MR) is 67.1 cm³/mol. The van der Waals surface area contributed by atoms with E-state index in [9.17, 15) is 9.90 Å². The number of amides is 1. The van der Waals surface area contributed by atoms with Gasteiger partial charge in [0.1, 0.15) is 0 Å². The van der Waals surface area contributed by atoms with E-state index in [2.05, 4.69) is 9.69 Å². The Kier molecular flexibility index (Phi) is 3.49. The molecular weight excluding hydrogens is 236 g/mol. The largest absolute Gasteiger partial charge is 0.396 e. The third-order valence-corrected chi connectivity index (χ3v) is 4.46. The molecule has 0 aromatic carbocycles. The van der Waals surface area contributed by atoms with E-state index in [-0.39, 0.29) is 24.0 Å². The lowest BCUT2D eigenvalue weighted by molar-refractivity contribution is 0.0830. The van der Waals surface area contributed by atoms with Crippen molar-refractivity contribution in [3.63, 3.8) is 0 Å². The van der Waals surface area contributed by atoms with Gasteiger partial charge in [0.15, 0.2) is 0 Å². The minimum Gasteiger partial charge on any atom is -0.396 e. The Bertz CT molecular complexity index is 418. The second kappa shape index (κ2) is 4.74. The average molecular weight is 254 g/mol. The first-order valence-electron chi connectivity index (χ1n) is 5.89. The van der Waals surface area contributed by atoms with Crippen LogP contribution in [0.15, 0.2) is 5.38 Å². The quantitative estimate of drug-likeness (QED) is 0.863. The van der Waals surface area contributed by atoms with E-state index in [0.717, 1.165) is 25.0 Å². The number of aliphatic hydroxyl groups excluding tert-OH is 1. The van der Waals surface area contributed by atoms with Crippen LogP contribution in [-0.4, -0.2) is 28.0 Å². The lowest BCUT2D eigenvalue weighted by Gasteiger charge is -2.30. The van der Waals surface area contributed by atoms with Crippen LogP contribution in [0.3, 0.4) is 0 Å². The molecule has 2 rings (SSSR count).